The molecule has 2 aromatic carbocycles. The summed E-state index contributed by atoms with van der Waals surface area (Å²) in [6.07, 6.45) is 3.71. The van der Waals surface area contributed by atoms with E-state index in [1.165, 1.54) is 5.39 Å². The molecule has 168 valence electrons. The maximum atomic E-state index is 12.6. The third-order valence-corrected chi connectivity index (χ3v) is 6.95. The van der Waals surface area contributed by atoms with Crippen molar-refractivity contribution in [3.05, 3.63) is 70.5 Å². The Hall–Kier alpha value is -3.61. The first-order chi connectivity index (χ1) is 16.0. The molecule has 0 radical (unpaired) electrons. The molecule has 2 aliphatic rings. The SMILES string of the molecule is Cc1cc2cc(-c3ccc(-n4c(C[C@@H]5CCN(C(=O)C6CC6)C5)n[nH]c4=O)cc3)ccc2[nH]1. The van der Waals surface area contributed by atoms with Crippen LogP contribution in [0.3, 0.4) is 0 Å². The minimum atomic E-state index is -0.231. The van der Waals surface area contributed by atoms with Gasteiger partial charge in [-0.15, -0.1) is 0 Å². The van der Waals surface area contributed by atoms with Crippen LogP contribution in [0.5, 0.6) is 0 Å². The van der Waals surface area contributed by atoms with E-state index in [0.29, 0.717) is 18.2 Å². The van der Waals surface area contributed by atoms with E-state index in [-0.39, 0.29) is 11.6 Å². The average Bonchev–Trinajstić information content (AvgIpc) is 3.28. The Balaban J connectivity index is 1.22. The van der Waals surface area contributed by atoms with E-state index >= 15 is 0 Å². The number of aromatic nitrogens is 4. The summed E-state index contributed by atoms with van der Waals surface area (Å²) in [5.41, 5.74) is 5.08. The highest BCUT2D eigenvalue weighted by Gasteiger charge is 2.36. The Morgan fingerprint density at radius 2 is 1.85 bits per heavy atom. The number of nitrogens with zero attached hydrogens (tertiary/aromatic N) is 3. The van der Waals surface area contributed by atoms with Gasteiger partial charge in [0.2, 0.25) is 5.91 Å². The molecule has 33 heavy (non-hydrogen) atoms. The monoisotopic (exact) mass is 441 g/mol. The first-order valence-corrected chi connectivity index (χ1v) is 11.7. The fourth-order valence-corrected chi connectivity index (χ4v) is 5.04. The van der Waals surface area contributed by atoms with Crippen LogP contribution in [0, 0.1) is 18.8 Å². The Morgan fingerprint density at radius 1 is 1.06 bits per heavy atom. The summed E-state index contributed by atoms with van der Waals surface area (Å²) in [6.45, 7) is 3.63. The molecule has 3 heterocycles. The maximum absolute atomic E-state index is 12.6. The largest absolute Gasteiger partial charge is 0.359 e. The Bertz CT molecular complexity index is 1390. The average molecular weight is 442 g/mol. The third kappa shape index (κ3) is 3.77. The summed E-state index contributed by atoms with van der Waals surface area (Å²) >= 11 is 0. The lowest BCUT2D eigenvalue weighted by Gasteiger charge is -2.16. The number of carbonyl (C=O) groups excluding carboxylic acids is 1. The zero-order valence-electron chi connectivity index (χ0n) is 18.7. The number of amides is 1. The highest BCUT2D eigenvalue weighted by molar-refractivity contribution is 5.86. The highest BCUT2D eigenvalue weighted by atomic mass is 16.2. The number of H-pyrrole nitrogens is 2. The second-order valence-corrected chi connectivity index (χ2v) is 9.50. The fourth-order valence-electron chi connectivity index (χ4n) is 5.04. The number of benzene rings is 2. The summed E-state index contributed by atoms with van der Waals surface area (Å²) in [5, 5.41) is 8.11. The number of hydrogen-bond acceptors (Lipinski definition) is 3. The number of aryl methyl sites for hydroxylation is 1. The van der Waals surface area contributed by atoms with Crippen LogP contribution in [0.4, 0.5) is 0 Å². The molecule has 7 heteroatoms. The van der Waals surface area contributed by atoms with Gasteiger partial charge in [-0.3, -0.25) is 4.79 Å². The van der Waals surface area contributed by atoms with Gasteiger partial charge in [0.25, 0.3) is 0 Å². The van der Waals surface area contributed by atoms with Crippen molar-refractivity contribution in [3.8, 4) is 16.8 Å². The predicted octanol–water partition coefficient (Wildman–Crippen LogP) is 3.82. The van der Waals surface area contributed by atoms with Crippen LogP contribution < -0.4 is 5.69 Å². The van der Waals surface area contributed by atoms with Gasteiger partial charge in [0.05, 0.1) is 5.69 Å². The Morgan fingerprint density at radius 3 is 2.64 bits per heavy atom. The fraction of sp³-hybridized carbons (Fsp3) is 0.346. The van der Waals surface area contributed by atoms with Gasteiger partial charge < -0.3 is 9.88 Å². The van der Waals surface area contributed by atoms with Gasteiger partial charge in [0.15, 0.2) is 0 Å². The molecule has 2 N–H and O–H groups in total. The molecule has 1 aliphatic carbocycles. The smallest absolute Gasteiger partial charge is 0.347 e. The number of fused-ring (bicyclic) bond motifs is 1. The topological polar surface area (TPSA) is 86.8 Å². The quantitative estimate of drug-likeness (QED) is 0.494. The van der Waals surface area contributed by atoms with Crippen LogP contribution in [0.15, 0.2) is 53.3 Å². The van der Waals surface area contributed by atoms with E-state index in [1.54, 1.807) is 4.57 Å². The number of hydrogen-bond donors (Lipinski definition) is 2. The molecule has 1 atom stereocenters. The number of aromatic amines is 2. The van der Waals surface area contributed by atoms with E-state index in [9.17, 15) is 9.59 Å². The molecule has 1 saturated carbocycles. The Kier molecular flexibility index (Phi) is 4.71. The first-order valence-electron chi connectivity index (χ1n) is 11.7. The summed E-state index contributed by atoms with van der Waals surface area (Å²) < 4.78 is 1.66. The zero-order chi connectivity index (χ0) is 22.5. The normalized spacial score (nSPS) is 18.3. The van der Waals surface area contributed by atoms with Crippen LogP contribution in [-0.4, -0.2) is 43.6 Å². The van der Waals surface area contributed by atoms with Crippen molar-refractivity contribution in [2.75, 3.05) is 13.1 Å². The summed E-state index contributed by atoms with van der Waals surface area (Å²) in [4.78, 5) is 30.3. The molecular weight excluding hydrogens is 414 g/mol. The van der Waals surface area contributed by atoms with Gasteiger partial charge in [-0.2, -0.15) is 5.10 Å². The number of nitrogens with one attached hydrogen (secondary N) is 2. The molecule has 1 amide bonds. The molecule has 0 bridgehead atoms. The van der Waals surface area contributed by atoms with E-state index in [0.717, 1.165) is 66.2 Å². The van der Waals surface area contributed by atoms with Crippen LogP contribution >= 0.6 is 0 Å². The van der Waals surface area contributed by atoms with Crippen LogP contribution in [0.2, 0.25) is 0 Å². The molecule has 1 aliphatic heterocycles. The van der Waals surface area contributed by atoms with Gasteiger partial charge in [-0.25, -0.2) is 14.5 Å². The predicted molar refractivity (Wildman–Crippen MR) is 127 cm³/mol. The van der Waals surface area contributed by atoms with E-state index in [2.05, 4.69) is 46.4 Å². The number of likely N-dealkylation sites (tertiary alicyclic amines) is 1. The molecule has 0 spiro atoms. The standard InChI is InChI=1S/C26H27N5O2/c1-16-12-21-14-20(6-9-23(21)27-16)18-4-7-22(8-5-18)31-24(28-29-26(31)33)13-17-10-11-30(15-17)25(32)19-2-3-19/h4-9,12,14,17,19,27H,2-3,10-11,13,15H2,1H3,(H,29,33)/t17-/m0/s1. The van der Waals surface area contributed by atoms with Crippen molar-refractivity contribution in [2.45, 2.75) is 32.6 Å². The van der Waals surface area contributed by atoms with Gasteiger partial charge in [0.1, 0.15) is 5.82 Å². The van der Waals surface area contributed by atoms with Crippen molar-refractivity contribution in [2.24, 2.45) is 11.8 Å². The van der Waals surface area contributed by atoms with Gasteiger partial charge in [-0.05, 0) is 73.6 Å². The van der Waals surface area contributed by atoms with Crippen LogP contribution in [0.1, 0.15) is 30.8 Å². The first kappa shape index (κ1) is 20.0. The molecule has 2 fully saturated rings. The molecule has 2 aromatic heterocycles. The second kappa shape index (κ2) is 7.76. The van der Waals surface area contributed by atoms with Crippen LogP contribution in [0.25, 0.3) is 27.7 Å². The van der Waals surface area contributed by atoms with E-state index in [1.807, 2.05) is 29.2 Å². The van der Waals surface area contributed by atoms with Crippen molar-refractivity contribution in [1.29, 1.82) is 0 Å². The third-order valence-electron chi connectivity index (χ3n) is 6.95. The van der Waals surface area contributed by atoms with E-state index in [4.69, 9.17) is 0 Å². The molecule has 7 nitrogen and oxygen atoms in total. The highest BCUT2D eigenvalue weighted by Crippen LogP contribution is 2.33. The number of carbonyl (C=O) groups is 1. The van der Waals surface area contributed by atoms with Gasteiger partial charge in [0, 0.05) is 42.0 Å². The van der Waals surface area contributed by atoms with Crippen LogP contribution in [-0.2, 0) is 11.2 Å². The minimum Gasteiger partial charge on any atom is -0.359 e. The Labute approximate surface area is 191 Å². The summed E-state index contributed by atoms with van der Waals surface area (Å²) in [5.74, 6) is 1.62. The molecule has 4 aromatic rings. The maximum Gasteiger partial charge on any atom is 0.347 e. The van der Waals surface area contributed by atoms with Crippen molar-refractivity contribution in [1.82, 2.24) is 24.6 Å². The lowest BCUT2D eigenvalue weighted by molar-refractivity contribution is -0.131. The van der Waals surface area contributed by atoms with Gasteiger partial charge >= 0.3 is 5.69 Å². The molecular formula is C26H27N5O2. The van der Waals surface area contributed by atoms with Crippen molar-refractivity contribution < 1.29 is 4.79 Å². The van der Waals surface area contributed by atoms with Gasteiger partial charge in [-0.1, -0.05) is 18.2 Å². The van der Waals surface area contributed by atoms with Crippen molar-refractivity contribution >= 4 is 16.8 Å². The second-order valence-electron chi connectivity index (χ2n) is 9.50. The lowest BCUT2D eigenvalue weighted by atomic mass is 10.0. The summed E-state index contributed by atoms with van der Waals surface area (Å²) in [6, 6.07) is 16.6. The molecule has 6 rings (SSSR count). The zero-order valence-corrected chi connectivity index (χ0v) is 18.7. The molecule has 0 unspecified atom stereocenters. The number of rotatable bonds is 5. The van der Waals surface area contributed by atoms with Crippen molar-refractivity contribution in [3.63, 3.8) is 0 Å². The molecule has 1 saturated heterocycles. The lowest BCUT2D eigenvalue weighted by Crippen LogP contribution is -2.30. The summed E-state index contributed by atoms with van der Waals surface area (Å²) in [7, 11) is 0. The van der Waals surface area contributed by atoms with E-state index < -0.39 is 0 Å². The minimum absolute atomic E-state index is 0.231.